The van der Waals surface area contributed by atoms with Crippen LogP contribution in [0.3, 0.4) is 0 Å². The minimum atomic E-state index is -1.04. The Bertz CT molecular complexity index is 593. The Balaban J connectivity index is 2.05. The van der Waals surface area contributed by atoms with Crippen molar-refractivity contribution in [3.63, 3.8) is 0 Å². The average molecular weight is 369 g/mol. The third-order valence-electron chi connectivity index (χ3n) is 4.30. The Kier molecular flexibility index (Phi) is 4.26. The summed E-state index contributed by atoms with van der Waals surface area (Å²) in [4.78, 5) is 15.8. The van der Waals surface area contributed by atoms with Gasteiger partial charge in [0.2, 0.25) is 0 Å². The maximum atomic E-state index is 10.9. The van der Waals surface area contributed by atoms with Gasteiger partial charge in [-0.1, -0.05) is 52.7 Å². The first-order chi connectivity index (χ1) is 10.1. The highest BCUT2D eigenvalue weighted by atomic mass is 79.9. The van der Waals surface area contributed by atoms with E-state index in [1.165, 1.54) is 23.7 Å². The van der Waals surface area contributed by atoms with E-state index < -0.39 is 6.09 Å². The van der Waals surface area contributed by atoms with Gasteiger partial charge in [0.25, 0.3) is 0 Å². The van der Waals surface area contributed by atoms with Crippen molar-refractivity contribution < 1.29 is 9.90 Å². The summed E-state index contributed by atoms with van der Waals surface area (Å²) < 4.78 is 1.04. The molecule has 1 aliphatic heterocycles. The third-order valence-corrected chi connectivity index (χ3v) is 5.83. The standard InChI is InChI=1S/C15H17BrN2O2S/c16-12-6-3-5-10(8-12)15-7-2-1-4-11(15)9-21-13(18-15)17-14(19)20/h3,5-6,8,11H,1-2,4,7,9H2,(H,17,18)(H,19,20). The molecule has 0 saturated heterocycles. The van der Waals surface area contributed by atoms with E-state index in [2.05, 4.69) is 33.4 Å². The van der Waals surface area contributed by atoms with Crippen molar-refractivity contribution in [3.05, 3.63) is 34.3 Å². The van der Waals surface area contributed by atoms with Crippen LogP contribution in [0.1, 0.15) is 31.2 Å². The van der Waals surface area contributed by atoms with E-state index in [1.807, 2.05) is 12.1 Å². The third kappa shape index (κ3) is 2.97. The lowest BCUT2D eigenvalue weighted by molar-refractivity contribution is 0.198. The molecule has 1 aromatic carbocycles. The zero-order chi connectivity index (χ0) is 14.9. The number of fused-ring (bicyclic) bond motifs is 1. The molecule has 2 unspecified atom stereocenters. The van der Waals surface area contributed by atoms with Gasteiger partial charge in [-0.05, 0) is 36.5 Å². The zero-order valence-electron chi connectivity index (χ0n) is 11.5. The monoisotopic (exact) mass is 368 g/mol. The van der Waals surface area contributed by atoms with Crippen molar-refractivity contribution in [2.24, 2.45) is 10.9 Å². The van der Waals surface area contributed by atoms with Gasteiger partial charge in [-0.15, -0.1) is 0 Å². The molecule has 0 spiro atoms. The number of nitrogens with zero attached hydrogens (tertiary/aromatic N) is 1. The topological polar surface area (TPSA) is 61.7 Å². The second-order valence-electron chi connectivity index (χ2n) is 5.54. The number of carbonyl (C=O) groups is 1. The number of rotatable bonds is 1. The summed E-state index contributed by atoms with van der Waals surface area (Å²) >= 11 is 5.05. The van der Waals surface area contributed by atoms with E-state index in [4.69, 9.17) is 10.1 Å². The fourth-order valence-electron chi connectivity index (χ4n) is 3.35. The molecule has 1 fully saturated rings. The van der Waals surface area contributed by atoms with E-state index in [-0.39, 0.29) is 5.54 Å². The summed E-state index contributed by atoms with van der Waals surface area (Å²) in [5.41, 5.74) is 0.914. The molecule has 1 aromatic rings. The molecule has 1 heterocycles. The summed E-state index contributed by atoms with van der Waals surface area (Å²) in [7, 11) is 0. The number of aliphatic imine (C=N–C) groups is 1. The summed E-state index contributed by atoms with van der Waals surface area (Å²) in [6, 6.07) is 8.27. The van der Waals surface area contributed by atoms with Crippen LogP contribution in [-0.2, 0) is 5.54 Å². The molecule has 1 amide bonds. The van der Waals surface area contributed by atoms with Gasteiger partial charge in [0, 0.05) is 10.2 Å². The molecule has 0 bridgehead atoms. The van der Waals surface area contributed by atoms with Crippen LogP contribution < -0.4 is 5.32 Å². The number of thioether (sulfide) groups is 1. The molecule has 2 atom stereocenters. The number of halogens is 1. The van der Waals surface area contributed by atoms with E-state index in [9.17, 15) is 4.79 Å². The number of hydrogen-bond donors (Lipinski definition) is 2. The van der Waals surface area contributed by atoms with Crippen molar-refractivity contribution in [2.45, 2.75) is 31.2 Å². The molecule has 6 heteroatoms. The minimum Gasteiger partial charge on any atom is -0.465 e. The minimum absolute atomic E-state index is 0.273. The van der Waals surface area contributed by atoms with Gasteiger partial charge < -0.3 is 5.11 Å². The van der Waals surface area contributed by atoms with E-state index in [0.29, 0.717) is 11.1 Å². The number of nitrogens with one attached hydrogen (secondary N) is 1. The van der Waals surface area contributed by atoms with Gasteiger partial charge in [-0.2, -0.15) is 0 Å². The average Bonchev–Trinajstić information content (AvgIpc) is 2.46. The molecular formula is C15H17BrN2O2S. The van der Waals surface area contributed by atoms with Crippen LogP contribution in [-0.4, -0.2) is 22.1 Å². The normalized spacial score (nSPS) is 28.4. The van der Waals surface area contributed by atoms with Crippen molar-refractivity contribution in [1.29, 1.82) is 0 Å². The molecule has 1 aliphatic carbocycles. The predicted molar refractivity (Wildman–Crippen MR) is 88.8 cm³/mol. The van der Waals surface area contributed by atoms with E-state index >= 15 is 0 Å². The number of hydrogen-bond acceptors (Lipinski definition) is 3. The summed E-state index contributed by atoms with van der Waals surface area (Å²) in [6.07, 6.45) is 3.47. The van der Waals surface area contributed by atoms with Crippen molar-refractivity contribution >= 4 is 39.0 Å². The first kappa shape index (κ1) is 14.9. The lowest BCUT2D eigenvalue weighted by Crippen LogP contribution is -2.44. The van der Waals surface area contributed by atoms with Crippen LogP contribution in [0.5, 0.6) is 0 Å². The molecule has 2 N–H and O–H groups in total. The molecular weight excluding hydrogens is 352 g/mol. The smallest absolute Gasteiger partial charge is 0.410 e. The molecule has 0 aromatic heterocycles. The second kappa shape index (κ2) is 6.01. The van der Waals surface area contributed by atoms with Crippen molar-refractivity contribution in [1.82, 2.24) is 5.32 Å². The Morgan fingerprint density at radius 1 is 1.48 bits per heavy atom. The lowest BCUT2D eigenvalue weighted by atomic mass is 9.70. The predicted octanol–water partition coefficient (Wildman–Crippen LogP) is 4.21. The molecule has 0 radical (unpaired) electrons. The Morgan fingerprint density at radius 3 is 3.10 bits per heavy atom. The number of carboxylic acid groups (broad SMARTS) is 1. The molecule has 2 aliphatic rings. The zero-order valence-corrected chi connectivity index (χ0v) is 13.9. The Morgan fingerprint density at radius 2 is 2.33 bits per heavy atom. The van der Waals surface area contributed by atoms with Gasteiger partial charge in [-0.3, -0.25) is 10.3 Å². The van der Waals surface area contributed by atoms with Crippen molar-refractivity contribution in [3.8, 4) is 0 Å². The SMILES string of the molecule is O=C(O)NC1=NC2(c3cccc(Br)c3)CCCCC2CS1. The lowest BCUT2D eigenvalue weighted by Gasteiger charge is -2.44. The number of amidine groups is 1. The molecule has 4 nitrogen and oxygen atoms in total. The molecule has 3 rings (SSSR count). The van der Waals surface area contributed by atoms with E-state index in [1.54, 1.807) is 0 Å². The van der Waals surface area contributed by atoms with Crippen molar-refractivity contribution in [2.75, 3.05) is 5.75 Å². The largest absolute Gasteiger partial charge is 0.465 e. The van der Waals surface area contributed by atoms with E-state index in [0.717, 1.165) is 29.5 Å². The van der Waals surface area contributed by atoms with Gasteiger partial charge in [0.15, 0.2) is 5.17 Å². The molecule has 21 heavy (non-hydrogen) atoms. The summed E-state index contributed by atoms with van der Waals surface area (Å²) in [5.74, 6) is 1.40. The second-order valence-corrected chi connectivity index (χ2v) is 7.46. The molecule has 112 valence electrons. The Hall–Kier alpha value is -1.01. The highest BCUT2D eigenvalue weighted by Gasteiger charge is 2.45. The highest BCUT2D eigenvalue weighted by Crippen LogP contribution is 2.49. The van der Waals surface area contributed by atoms with Gasteiger partial charge >= 0.3 is 6.09 Å². The quantitative estimate of drug-likeness (QED) is 0.780. The number of benzene rings is 1. The molecule has 1 saturated carbocycles. The van der Waals surface area contributed by atoms with Gasteiger partial charge in [0.05, 0.1) is 5.54 Å². The van der Waals surface area contributed by atoms with Gasteiger partial charge in [0.1, 0.15) is 0 Å². The first-order valence-corrected chi connectivity index (χ1v) is 8.87. The Labute approximate surface area is 136 Å². The van der Waals surface area contributed by atoms with Crippen LogP contribution in [0.2, 0.25) is 0 Å². The maximum Gasteiger partial charge on any atom is 0.410 e. The number of amides is 1. The fraction of sp³-hybridized carbons (Fsp3) is 0.467. The summed E-state index contributed by atoms with van der Waals surface area (Å²) in [6.45, 7) is 0. The van der Waals surface area contributed by atoms with Gasteiger partial charge in [-0.25, -0.2) is 4.79 Å². The van der Waals surface area contributed by atoms with Crippen LogP contribution in [0.15, 0.2) is 33.7 Å². The first-order valence-electron chi connectivity index (χ1n) is 7.09. The summed E-state index contributed by atoms with van der Waals surface area (Å²) in [5, 5.41) is 11.9. The van der Waals surface area contributed by atoms with Crippen LogP contribution in [0.25, 0.3) is 0 Å². The van der Waals surface area contributed by atoms with Crippen LogP contribution in [0, 0.1) is 5.92 Å². The van der Waals surface area contributed by atoms with Crippen LogP contribution in [0.4, 0.5) is 4.79 Å². The highest BCUT2D eigenvalue weighted by molar-refractivity contribution is 9.10. The maximum absolute atomic E-state index is 10.9. The van der Waals surface area contributed by atoms with Crippen LogP contribution >= 0.6 is 27.7 Å². The fourth-order valence-corrected chi connectivity index (χ4v) is 4.94.